The summed E-state index contributed by atoms with van der Waals surface area (Å²) < 4.78 is 5.30. The van der Waals surface area contributed by atoms with Crippen molar-refractivity contribution in [2.45, 2.75) is 31.5 Å². The van der Waals surface area contributed by atoms with Gasteiger partial charge >= 0.3 is 0 Å². The maximum Gasteiger partial charge on any atom is 0.184 e. The van der Waals surface area contributed by atoms with Gasteiger partial charge in [0, 0.05) is 13.0 Å². The molecule has 1 fully saturated rings. The second-order valence-corrected chi connectivity index (χ2v) is 3.79. The quantitative estimate of drug-likeness (QED) is 0.648. The SMILES string of the molecule is CO[C@H]1CCC2=CC(=O)[C@@H](O)C[C@@H]21. The first kappa shape index (κ1) is 8.91. The zero-order chi connectivity index (χ0) is 9.42. The molecule has 0 heterocycles. The minimum atomic E-state index is -0.801. The number of carbonyl (C=O) groups is 1. The highest BCUT2D eigenvalue weighted by Crippen LogP contribution is 2.38. The molecular weight excluding hydrogens is 168 g/mol. The van der Waals surface area contributed by atoms with E-state index in [0.29, 0.717) is 6.42 Å². The van der Waals surface area contributed by atoms with E-state index in [4.69, 9.17) is 4.74 Å². The monoisotopic (exact) mass is 182 g/mol. The Morgan fingerprint density at radius 1 is 1.62 bits per heavy atom. The Balaban J connectivity index is 2.21. The van der Waals surface area contributed by atoms with Gasteiger partial charge in [-0.3, -0.25) is 4.79 Å². The lowest BCUT2D eigenvalue weighted by Crippen LogP contribution is -2.31. The van der Waals surface area contributed by atoms with Crippen molar-refractivity contribution >= 4 is 5.78 Å². The van der Waals surface area contributed by atoms with E-state index in [1.165, 1.54) is 5.57 Å². The summed E-state index contributed by atoms with van der Waals surface area (Å²) in [6.07, 6.45) is 3.48. The molecule has 0 saturated heterocycles. The summed E-state index contributed by atoms with van der Waals surface area (Å²) in [7, 11) is 1.69. The molecule has 2 aliphatic carbocycles. The Labute approximate surface area is 77.4 Å². The molecule has 0 radical (unpaired) electrons. The van der Waals surface area contributed by atoms with Crippen LogP contribution in [0.15, 0.2) is 11.6 Å². The zero-order valence-electron chi connectivity index (χ0n) is 7.69. The van der Waals surface area contributed by atoms with Crippen molar-refractivity contribution in [1.29, 1.82) is 0 Å². The molecule has 72 valence electrons. The molecule has 1 N–H and O–H groups in total. The molecule has 3 nitrogen and oxygen atoms in total. The number of rotatable bonds is 1. The average molecular weight is 182 g/mol. The van der Waals surface area contributed by atoms with Crippen molar-refractivity contribution in [3.05, 3.63) is 11.6 Å². The fourth-order valence-electron chi connectivity index (χ4n) is 2.33. The van der Waals surface area contributed by atoms with Crippen molar-refractivity contribution in [3.8, 4) is 0 Å². The summed E-state index contributed by atoms with van der Waals surface area (Å²) in [4.78, 5) is 11.2. The summed E-state index contributed by atoms with van der Waals surface area (Å²) in [5.74, 6) is 0.140. The number of ether oxygens (including phenoxy) is 1. The lowest BCUT2D eigenvalue weighted by molar-refractivity contribution is -0.124. The minimum absolute atomic E-state index is 0.136. The first-order chi connectivity index (χ1) is 6.22. The van der Waals surface area contributed by atoms with Gasteiger partial charge in [0.05, 0.1) is 6.10 Å². The van der Waals surface area contributed by atoms with Gasteiger partial charge in [-0.15, -0.1) is 0 Å². The Bertz CT molecular complexity index is 257. The molecule has 3 atom stereocenters. The molecule has 2 aliphatic rings. The topological polar surface area (TPSA) is 46.5 Å². The highest BCUT2D eigenvalue weighted by Gasteiger charge is 2.37. The number of ketones is 1. The van der Waals surface area contributed by atoms with Crippen LogP contribution in [-0.4, -0.2) is 30.2 Å². The van der Waals surface area contributed by atoms with E-state index in [9.17, 15) is 9.90 Å². The summed E-state index contributed by atoms with van der Waals surface area (Å²) in [6.45, 7) is 0. The molecule has 0 aromatic heterocycles. The molecule has 0 aliphatic heterocycles. The third kappa shape index (κ3) is 1.42. The van der Waals surface area contributed by atoms with Gasteiger partial charge in [0.1, 0.15) is 6.10 Å². The normalized spacial score (nSPS) is 38.8. The van der Waals surface area contributed by atoms with Crippen molar-refractivity contribution in [3.63, 3.8) is 0 Å². The number of aliphatic hydroxyl groups excluding tert-OH is 1. The van der Waals surface area contributed by atoms with Crippen LogP contribution in [0, 0.1) is 5.92 Å². The summed E-state index contributed by atoms with van der Waals surface area (Å²) in [5.41, 5.74) is 1.17. The van der Waals surface area contributed by atoms with Gasteiger partial charge < -0.3 is 9.84 Å². The van der Waals surface area contributed by atoms with Gasteiger partial charge in [-0.25, -0.2) is 0 Å². The van der Waals surface area contributed by atoms with Gasteiger partial charge in [0.15, 0.2) is 5.78 Å². The number of methoxy groups -OCH3 is 1. The number of hydrogen-bond donors (Lipinski definition) is 1. The molecule has 2 rings (SSSR count). The first-order valence-electron chi connectivity index (χ1n) is 4.67. The van der Waals surface area contributed by atoms with Crippen molar-refractivity contribution in [2.24, 2.45) is 5.92 Å². The first-order valence-corrected chi connectivity index (χ1v) is 4.67. The molecule has 0 aromatic carbocycles. The highest BCUT2D eigenvalue weighted by molar-refractivity contribution is 5.95. The minimum Gasteiger partial charge on any atom is -0.385 e. The fraction of sp³-hybridized carbons (Fsp3) is 0.700. The van der Waals surface area contributed by atoms with E-state index in [-0.39, 0.29) is 17.8 Å². The molecule has 0 amide bonds. The van der Waals surface area contributed by atoms with Gasteiger partial charge in [-0.2, -0.15) is 0 Å². The van der Waals surface area contributed by atoms with Crippen LogP contribution in [0.4, 0.5) is 0 Å². The van der Waals surface area contributed by atoms with Crippen LogP contribution in [0.1, 0.15) is 19.3 Å². The Kier molecular flexibility index (Phi) is 2.22. The van der Waals surface area contributed by atoms with Crippen LogP contribution in [-0.2, 0) is 9.53 Å². The highest BCUT2D eigenvalue weighted by atomic mass is 16.5. The summed E-state index contributed by atoms with van der Waals surface area (Å²) in [6, 6.07) is 0. The number of fused-ring (bicyclic) bond motifs is 1. The number of hydrogen-bond acceptors (Lipinski definition) is 3. The average Bonchev–Trinajstić information content (AvgIpc) is 2.48. The van der Waals surface area contributed by atoms with Gasteiger partial charge in [-0.1, -0.05) is 5.57 Å². The Hall–Kier alpha value is -0.670. The van der Waals surface area contributed by atoms with Crippen LogP contribution in [0.5, 0.6) is 0 Å². The largest absolute Gasteiger partial charge is 0.385 e. The fourth-order valence-corrected chi connectivity index (χ4v) is 2.33. The van der Waals surface area contributed by atoms with Crippen molar-refractivity contribution in [1.82, 2.24) is 0 Å². The number of aliphatic hydroxyl groups is 1. The van der Waals surface area contributed by atoms with Gasteiger partial charge in [-0.05, 0) is 25.3 Å². The maximum atomic E-state index is 11.2. The Morgan fingerprint density at radius 2 is 2.38 bits per heavy atom. The van der Waals surface area contributed by atoms with E-state index in [2.05, 4.69) is 0 Å². The van der Waals surface area contributed by atoms with Crippen LogP contribution in [0.25, 0.3) is 0 Å². The molecule has 1 saturated carbocycles. The van der Waals surface area contributed by atoms with Gasteiger partial charge in [0.2, 0.25) is 0 Å². The molecule has 0 spiro atoms. The second-order valence-electron chi connectivity index (χ2n) is 3.79. The lowest BCUT2D eigenvalue weighted by Gasteiger charge is -2.24. The maximum absolute atomic E-state index is 11.2. The third-order valence-corrected chi connectivity index (χ3v) is 3.08. The molecule has 0 unspecified atom stereocenters. The zero-order valence-corrected chi connectivity index (χ0v) is 7.69. The summed E-state index contributed by atoms with van der Waals surface area (Å²) in [5, 5.41) is 9.39. The molecule has 0 bridgehead atoms. The summed E-state index contributed by atoms with van der Waals surface area (Å²) >= 11 is 0. The van der Waals surface area contributed by atoms with Crippen LogP contribution in [0.2, 0.25) is 0 Å². The molecule has 13 heavy (non-hydrogen) atoms. The second kappa shape index (κ2) is 3.24. The van der Waals surface area contributed by atoms with E-state index < -0.39 is 6.10 Å². The van der Waals surface area contributed by atoms with Crippen molar-refractivity contribution in [2.75, 3.05) is 7.11 Å². The predicted octanol–water partition coefficient (Wildman–Crippen LogP) is 0.671. The van der Waals surface area contributed by atoms with Crippen LogP contribution < -0.4 is 0 Å². The van der Waals surface area contributed by atoms with E-state index in [1.54, 1.807) is 13.2 Å². The molecule has 0 aromatic rings. The Morgan fingerprint density at radius 3 is 3.08 bits per heavy atom. The number of carbonyl (C=O) groups excluding carboxylic acids is 1. The van der Waals surface area contributed by atoms with Crippen LogP contribution in [0.3, 0.4) is 0 Å². The van der Waals surface area contributed by atoms with Gasteiger partial charge in [0.25, 0.3) is 0 Å². The van der Waals surface area contributed by atoms with Crippen LogP contribution >= 0.6 is 0 Å². The standard InChI is InChI=1S/C10H14O3/c1-13-10-3-2-6-4-8(11)9(12)5-7(6)10/h4,7,9-10,12H,2-3,5H2,1H3/t7-,9-,10-/m0/s1. The predicted molar refractivity (Wildman–Crippen MR) is 47.2 cm³/mol. The smallest absolute Gasteiger partial charge is 0.184 e. The molecular formula is C10H14O3. The van der Waals surface area contributed by atoms with E-state index in [0.717, 1.165) is 12.8 Å². The van der Waals surface area contributed by atoms with Crippen molar-refractivity contribution < 1.29 is 14.6 Å². The lowest BCUT2D eigenvalue weighted by atomic mass is 9.86. The van der Waals surface area contributed by atoms with E-state index >= 15 is 0 Å². The molecule has 3 heteroatoms. The third-order valence-electron chi connectivity index (χ3n) is 3.08. The van der Waals surface area contributed by atoms with E-state index in [1.807, 2.05) is 0 Å².